The minimum atomic E-state index is 0.722. The lowest BCUT2D eigenvalue weighted by atomic mass is 10.1. The number of rotatable bonds is 8. The molecule has 1 aromatic heterocycles. The third kappa shape index (κ3) is 5.05. The van der Waals surface area contributed by atoms with Gasteiger partial charge in [-0.1, -0.05) is 25.1 Å². The number of anilines is 1. The van der Waals surface area contributed by atoms with Crippen LogP contribution in [0.4, 0.5) is 5.69 Å². The van der Waals surface area contributed by atoms with Gasteiger partial charge in [-0.15, -0.1) is 5.10 Å². The largest absolute Gasteiger partial charge is 0.372 e. The van der Waals surface area contributed by atoms with Gasteiger partial charge in [0, 0.05) is 50.5 Å². The normalized spacial score (nSPS) is 15.2. The molecule has 0 bridgehead atoms. The van der Waals surface area contributed by atoms with Crippen molar-refractivity contribution in [1.82, 2.24) is 24.1 Å². The molecule has 0 atom stereocenters. The Labute approximate surface area is 203 Å². The molecule has 0 unspecified atom stereocenters. The summed E-state index contributed by atoms with van der Waals surface area (Å²) in [5.74, 6) is 0.896. The maximum absolute atomic E-state index is 5.99. The quantitative estimate of drug-likeness (QED) is 0.446. The van der Waals surface area contributed by atoms with Crippen LogP contribution in [0.15, 0.2) is 48.5 Å². The number of benzene rings is 2. The molecule has 7 heteroatoms. The third-order valence-corrected chi connectivity index (χ3v) is 7.09. The number of nitrogens with zero attached hydrogens (tertiary/aromatic N) is 6. The molecule has 1 saturated heterocycles. The zero-order valence-electron chi connectivity index (χ0n) is 20.4. The van der Waals surface area contributed by atoms with Crippen molar-refractivity contribution in [2.75, 3.05) is 50.7 Å². The summed E-state index contributed by atoms with van der Waals surface area (Å²) >= 11 is 5.99. The van der Waals surface area contributed by atoms with Crippen molar-refractivity contribution in [1.29, 1.82) is 0 Å². The summed E-state index contributed by atoms with van der Waals surface area (Å²) in [4.78, 5) is 7.29. The lowest BCUT2D eigenvalue weighted by molar-refractivity contribution is 0.106. The predicted octanol–water partition coefficient (Wildman–Crippen LogP) is 4.82. The maximum Gasteiger partial charge on any atom is 0.204 e. The van der Waals surface area contributed by atoms with Gasteiger partial charge in [-0.3, -0.25) is 9.47 Å². The van der Waals surface area contributed by atoms with Crippen LogP contribution in [0.25, 0.3) is 17.1 Å². The summed E-state index contributed by atoms with van der Waals surface area (Å²) in [6, 6.07) is 17.1. The maximum atomic E-state index is 5.99. The van der Waals surface area contributed by atoms with Crippen molar-refractivity contribution in [3.8, 4) is 17.1 Å². The fourth-order valence-corrected chi connectivity index (χ4v) is 4.85. The van der Waals surface area contributed by atoms with Crippen LogP contribution in [0.1, 0.15) is 26.3 Å². The van der Waals surface area contributed by atoms with Crippen LogP contribution < -0.4 is 4.90 Å². The minimum Gasteiger partial charge on any atom is -0.372 e. The first-order valence-electron chi connectivity index (χ1n) is 12.1. The fourth-order valence-electron chi connectivity index (χ4n) is 4.56. The summed E-state index contributed by atoms with van der Waals surface area (Å²) in [5, 5.41) is 5.05. The summed E-state index contributed by atoms with van der Waals surface area (Å²) in [5.41, 5.74) is 4.59. The average molecular weight is 465 g/mol. The lowest BCUT2D eigenvalue weighted by Gasteiger charge is -2.33. The van der Waals surface area contributed by atoms with Gasteiger partial charge in [-0.2, -0.15) is 0 Å². The van der Waals surface area contributed by atoms with Crippen LogP contribution in [-0.2, 0) is 6.67 Å². The lowest BCUT2D eigenvalue weighted by Crippen LogP contribution is -2.46. The highest BCUT2D eigenvalue weighted by Crippen LogP contribution is 2.27. The highest BCUT2D eigenvalue weighted by atomic mass is 32.1. The Morgan fingerprint density at radius 1 is 0.879 bits per heavy atom. The zero-order valence-corrected chi connectivity index (χ0v) is 21.2. The van der Waals surface area contributed by atoms with Gasteiger partial charge < -0.3 is 9.80 Å². The number of aryl methyl sites for hydroxylation is 1. The Bertz CT molecular complexity index is 1100. The Morgan fingerprint density at radius 2 is 1.52 bits per heavy atom. The number of aromatic nitrogens is 3. The highest BCUT2D eigenvalue weighted by molar-refractivity contribution is 7.71. The van der Waals surface area contributed by atoms with E-state index < -0.39 is 0 Å². The molecule has 3 aromatic rings. The molecule has 1 aliphatic rings. The van der Waals surface area contributed by atoms with Crippen molar-refractivity contribution in [3.63, 3.8) is 0 Å². The number of hydrogen-bond donors (Lipinski definition) is 0. The van der Waals surface area contributed by atoms with Gasteiger partial charge in [0.15, 0.2) is 5.82 Å². The third-order valence-electron chi connectivity index (χ3n) is 6.70. The van der Waals surface area contributed by atoms with Crippen LogP contribution in [-0.4, -0.2) is 70.0 Å². The fraction of sp³-hybridized carbons (Fsp3) is 0.462. The molecule has 6 nitrogen and oxygen atoms in total. The standard InChI is InChI=1S/C26H36N6S/c1-5-28-16-18-29(19-17-28)20-31-26(33)32(24-11-9-8-10-21(24)4)25(27-31)22-12-14-23(15-13-22)30(6-2)7-3/h8-15H,5-7,16-20H2,1-4H3. The Balaban J connectivity index is 1.72. The van der Waals surface area contributed by atoms with E-state index in [-0.39, 0.29) is 0 Å². The average Bonchev–Trinajstić information content (AvgIpc) is 3.17. The SMILES string of the molecule is CCN1CCN(Cn2nc(-c3ccc(N(CC)CC)cc3)n(-c3ccccc3C)c2=S)CC1. The summed E-state index contributed by atoms with van der Waals surface area (Å²) in [6.07, 6.45) is 0. The predicted molar refractivity (Wildman–Crippen MR) is 140 cm³/mol. The topological polar surface area (TPSA) is 32.5 Å². The van der Waals surface area contributed by atoms with E-state index in [1.807, 2.05) is 4.68 Å². The molecule has 0 spiro atoms. The van der Waals surface area contributed by atoms with Crippen LogP contribution in [0, 0.1) is 11.7 Å². The molecular weight excluding hydrogens is 428 g/mol. The molecule has 1 aliphatic heterocycles. The van der Waals surface area contributed by atoms with E-state index in [0.29, 0.717) is 0 Å². The Hall–Kier alpha value is -2.48. The van der Waals surface area contributed by atoms with Gasteiger partial charge in [0.2, 0.25) is 4.77 Å². The van der Waals surface area contributed by atoms with Gasteiger partial charge in [0.1, 0.15) is 0 Å². The minimum absolute atomic E-state index is 0.722. The van der Waals surface area contributed by atoms with Gasteiger partial charge in [-0.25, -0.2) is 4.68 Å². The molecule has 176 valence electrons. The molecule has 0 radical (unpaired) electrons. The second kappa shape index (κ2) is 10.6. The van der Waals surface area contributed by atoms with E-state index in [0.717, 1.165) is 74.3 Å². The molecule has 0 aliphatic carbocycles. The molecule has 33 heavy (non-hydrogen) atoms. The first-order valence-corrected chi connectivity index (χ1v) is 12.5. The first kappa shape index (κ1) is 23.7. The van der Waals surface area contributed by atoms with Crippen molar-refractivity contribution in [2.45, 2.75) is 34.4 Å². The Morgan fingerprint density at radius 3 is 2.12 bits per heavy atom. The van der Waals surface area contributed by atoms with Crippen molar-refractivity contribution in [3.05, 3.63) is 58.9 Å². The van der Waals surface area contributed by atoms with E-state index in [1.165, 1.54) is 11.3 Å². The summed E-state index contributed by atoms with van der Waals surface area (Å²) in [7, 11) is 0. The van der Waals surface area contributed by atoms with Crippen LogP contribution in [0.5, 0.6) is 0 Å². The molecule has 0 amide bonds. The van der Waals surface area contributed by atoms with Crippen molar-refractivity contribution >= 4 is 17.9 Å². The van der Waals surface area contributed by atoms with E-state index in [2.05, 4.69) is 95.5 Å². The van der Waals surface area contributed by atoms with E-state index in [1.54, 1.807) is 0 Å². The second-order valence-electron chi connectivity index (χ2n) is 8.64. The molecule has 4 rings (SSSR count). The smallest absolute Gasteiger partial charge is 0.204 e. The second-order valence-corrected chi connectivity index (χ2v) is 9.01. The zero-order chi connectivity index (χ0) is 23.4. The molecule has 2 aromatic carbocycles. The number of hydrogen-bond acceptors (Lipinski definition) is 5. The Kier molecular flexibility index (Phi) is 7.63. The van der Waals surface area contributed by atoms with Crippen LogP contribution >= 0.6 is 12.2 Å². The molecule has 2 heterocycles. The van der Waals surface area contributed by atoms with Gasteiger partial charge in [0.25, 0.3) is 0 Å². The van der Waals surface area contributed by atoms with Crippen molar-refractivity contribution in [2.24, 2.45) is 0 Å². The number of likely N-dealkylation sites (N-methyl/N-ethyl adjacent to an activating group) is 1. The van der Waals surface area contributed by atoms with Crippen LogP contribution in [0.2, 0.25) is 0 Å². The number of para-hydroxylation sites is 1. The summed E-state index contributed by atoms with van der Waals surface area (Å²) < 4.78 is 4.88. The van der Waals surface area contributed by atoms with Gasteiger partial charge in [0.05, 0.1) is 12.4 Å². The number of piperazine rings is 1. The van der Waals surface area contributed by atoms with Gasteiger partial charge in [-0.05, 0) is 75.4 Å². The molecular formula is C26H36N6S. The van der Waals surface area contributed by atoms with E-state index in [4.69, 9.17) is 17.3 Å². The summed E-state index contributed by atoms with van der Waals surface area (Å²) in [6.45, 7) is 16.8. The van der Waals surface area contributed by atoms with E-state index >= 15 is 0 Å². The first-order chi connectivity index (χ1) is 16.0. The monoisotopic (exact) mass is 464 g/mol. The van der Waals surface area contributed by atoms with E-state index in [9.17, 15) is 0 Å². The molecule has 1 fully saturated rings. The molecule has 0 N–H and O–H groups in total. The van der Waals surface area contributed by atoms with Crippen LogP contribution in [0.3, 0.4) is 0 Å². The highest BCUT2D eigenvalue weighted by Gasteiger charge is 2.20. The van der Waals surface area contributed by atoms with Crippen molar-refractivity contribution < 1.29 is 0 Å². The molecule has 0 saturated carbocycles. The van der Waals surface area contributed by atoms with Gasteiger partial charge >= 0.3 is 0 Å².